The molecule has 4 nitrogen and oxygen atoms in total. The molecule has 0 unspecified atom stereocenters. The molecule has 0 radical (unpaired) electrons. The van der Waals surface area contributed by atoms with Gasteiger partial charge in [0.2, 0.25) is 0 Å². The predicted molar refractivity (Wildman–Crippen MR) is 108 cm³/mol. The summed E-state index contributed by atoms with van der Waals surface area (Å²) in [6, 6.07) is 7.83. The molecule has 1 fully saturated rings. The Kier molecular flexibility index (Phi) is 10.6. The van der Waals surface area contributed by atoms with E-state index in [1.807, 2.05) is 24.3 Å². The summed E-state index contributed by atoms with van der Waals surface area (Å²) in [5.41, 5.74) is 1.07. The lowest BCUT2D eigenvalue weighted by atomic mass is 10.2. The summed E-state index contributed by atoms with van der Waals surface area (Å²) in [5, 5.41) is 7.35. The molecule has 1 saturated carbocycles. The van der Waals surface area contributed by atoms with Crippen LogP contribution < -0.4 is 10.6 Å². The first-order valence-corrected chi connectivity index (χ1v) is 8.47. The van der Waals surface area contributed by atoms with Crippen molar-refractivity contribution in [1.82, 2.24) is 10.6 Å². The SMILES string of the molecule is CN=C(NCCCOC1CCCC1)NCc1ccccc1Cl.I. The van der Waals surface area contributed by atoms with Gasteiger partial charge in [0.05, 0.1) is 6.10 Å². The van der Waals surface area contributed by atoms with Crippen molar-refractivity contribution in [3.8, 4) is 0 Å². The fourth-order valence-corrected chi connectivity index (χ4v) is 2.83. The molecule has 0 saturated heterocycles. The predicted octanol–water partition coefficient (Wildman–Crippen LogP) is 3.97. The molecule has 0 atom stereocenters. The number of guanidine groups is 1. The normalized spacial score (nSPS) is 15.3. The molecule has 1 aliphatic carbocycles. The van der Waals surface area contributed by atoms with Crippen LogP contribution in [0.3, 0.4) is 0 Å². The van der Waals surface area contributed by atoms with Crippen LogP contribution in [0.2, 0.25) is 5.02 Å². The Morgan fingerprint density at radius 3 is 2.70 bits per heavy atom. The fraction of sp³-hybridized carbons (Fsp3) is 0.588. The van der Waals surface area contributed by atoms with Gasteiger partial charge >= 0.3 is 0 Å². The van der Waals surface area contributed by atoms with Crippen molar-refractivity contribution in [2.45, 2.75) is 44.8 Å². The van der Waals surface area contributed by atoms with Crippen LogP contribution in [-0.4, -0.2) is 32.3 Å². The summed E-state index contributed by atoms with van der Waals surface area (Å²) in [6.45, 7) is 2.34. The van der Waals surface area contributed by atoms with Crippen LogP contribution in [0, 0.1) is 0 Å². The van der Waals surface area contributed by atoms with E-state index in [0.29, 0.717) is 12.6 Å². The Balaban J connectivity index is 0.00000264. The number of benzene rings is 1. The first-order chi connectivity index (χ1) is 10.8. The Morgan fingerprint density at radius 2 is 2.00 bits per heavy atom. The number of hydrogen-bond donors (Lipinski definition) is 2. The summed E-state index contributed by atoms with van der Waals surface area (Å²) in [4.78, 5) is 4.22. The summed E-state index contributed by atoms with van der Waals surface area (Å²) < 4.78 is 5.85. The van der Waals surface area contributed by atoms with Crippen molar-refractivity contribution >= 4 is 41.5 Å². The zero-order valence-electron chi connectivity index (χ0n) is 13.7. The lowest BCUT2D eigenvalue weighted by Gasteiger charge is -2.14. The molecular formula is C17H27ClIN3O. The largest absolute Gasteiger partial charge is 0.378 e. The Labute approximate surface area is 161 Å². The number of nitrogens with zero attached hydrogens (tertiary/aromatic N) is 1. The van der Waals surface area contributed by atoms with E-state index in [1.165, 1.54) is 25.7 Å². The molecule has 0 heterocycles. The highest BCUT2D eigenvalue weighted by Crippen LogP contribution is 2.20. The van der Waals surface area contributed by atoms with Gasteiger partial charge in [-0.1, -0.05) is 42.6 Å². The molecule has 1 aliphatic rings. The van der Waals surface area contributed by atoms with Gasteiger partial charge in [0.25, 0.3) is 0 Å². The summed E-state index contributed by atoms with van der Waals surface area (Å²) in [6.07, 6.45) is 6.59. The van der Waals surface area contributed by atoms with Gasteiger partial charge in [0.1, 0.15) is 0 Å². The molecule has 1 aromatic rings. The van der Waals surface area contributed by atoms with Crippen molar-refractivity contribution < 1.29 is 4.74 Å². The van der Waals surface area contributed by atoms with Crippen LogP contribution in [-0.2, 0) is 11.3 Å². The Bertz CT molecular complexity index is 479. The van der Waals surface area contributed by atoms with Crippen molar-refractivity contribution in [1.29, 1.82) is 0 Å². The number of ether oxygens (including phenoxy) is 1. The summed E-state index contributed by atoms with van der Waals surface area (Å²) >= 11 is 6.14. The second-order valence-corrected chi connectivity index (χ2v) is 5.98. The van der Waals surface area contributed by atoms with Crippen molar-refractivity contribution in [2.24, 2.45) is 4.99 Å². The van der Waals surface area contributed by atoms with Crippen molar-refractivity contribution in [2.75, 3.05) is 20.2 Å². The third kappa shape index (κ3) is 7.72. The van der Waals surface area contributed by atoms with Gasteiger partial charge in [0.15, 0.2) is 5.96 Å². The second kappa shape index (κ2) is 11.9. The van der Waals surface area contributed by atoms with Gasteiger partial charge in [-0.05, 0) is 30.9 Å². The average Bonchev–Trinajstić information content (AvgIpc) is 3.05. The highest BCUT2D eigenvalue weighted by atomic mass is 127. The monoisotopic (exact) mass is 451 g/mol. The molecule has 0 spiro atoms. The third-order valence-electron chi connectivity index (χ3n) is 3.90. The zero-order valence-corrected chi connectivity index (χ0v) is 16.8. The molecule has 0 aromatic heterocycles. The number of halogens is 2. The van der Waals surface area contributed by atoms with E-state index < -0.39 is 0 Å². The van der Waals surface area contributed by atoms with E-state index in [-0.39, 0.29) is 24.0 Å². The molecule has 0 aliphatic heterocycles. The average molecular weight is 452 g/mol. The smallest absolute Gasteiger partial charge is 0.191 e. The molecule has 0 bridgehead atoms. The first kappa shape index (κ1) is 20.5. The Hall–Kier alpha value is -0.530. The zero-order chi connectivity index (χ0) is 15.6. The van der Waals surface area contributed by atoms with E-state index in [1.54, 1.807) is 7.05 Å². The van der Waals surface area contributed by atoms with Crippen LogP contribution >= 0.6 is 35.6 Å². The van der Waals surface area contributed by atoms with Crippen LogP contribution in [0.25, 0.3) is 0 Å². The summed E-state index contributed by atoms with van der Waals surface area (Å²) in [5.74, 6) is 0.792. The molecule has 130 valence electrons. The quantitative estimate of drug-likeness (QED) is 0.285. The second-order valence-electron chi connectivity index (χ2n) is 5.57. The Morgan fingerprint density at radius 1 is 1.26 bits per heavy atom. The maximum absolute atomic E-state index is 6.14. The van der Waals surface area contributed by atoms with E-state index >= 15 is 0 Å². The van der Waals surface area contributed by atoms with E-state index in [0.717, 1.165) is 36.1 Å². The van der Waals surface area contributed by atoms with Gasteiger partial charge in [-0.25, -0.2) is 0 Å². The lowest BCUT2D eigenvalue weighted by molar-refractivity contribution is 0.0574. The van der Waals surface area contributed by atoms with Crippen LogP contribution in [0.5, 0.6) is 0 Å². The molecule has 2 rings (SSSR count). The van der Waals surface area contributed by atoms with Crippen molar-refractivity contribution in [3.05, 3.63) is 34.9 Å². The van der Waals surface area contributed by atoms with Crippen LogP contribution in [0.1, 0.15) is 37.7 Å². The lowest BCUT2D eigenvalue weighted by Crippen LogP contribution is -2.37. The molecular weight excluding hydrogens is 425 g/mol. The van der Waals surface area contributed by atoms with E-state index in [9.17, 15) is 0 Å². The highest BCUT2D eigenvalue weighted by Gasteiger charge is 2.14. The number of aliphatic imine (C=N–C) groups is 1. The minimum atomic E-state index is 0. The van der Waals surface area contributed by atoms with Crippen LogP contribution in [0.15, 0.2) is 29.3 Å². The highest BCUT2D eigenvalue weighted by molar-refractivity contribution is 14.0. The maximum Gasteiger partial charge on any atom is 0.191 e. The number of nitrogens with one attached hydrogen (secondary N) is 2. The van der Waals surface area contributed by atoms with E-state index in [2.05, 4.69) is 15.6 Å². The third-order valence-corrected chi connectivity index (χ3v) is 4.27. The standard InChI is InChI=1S/C17H26ClN3O.HI/c1-19-17(21-13-14-7-2-5-10-16(14)18)20-11-6-12-22-15-8-3-4-9-15;/h2,5,7,10,15H,3-4,6,8-9,11-13H2,1H3,(H2,19,20,21);1H. The van der Waals surface area contributed by atoms with Gasteiger partial charge in [-0.2, -0.15) is 0 Å². The van der Waals surface area contributed by atoms with Gasteiger partial charge < -0.3 is 15.4 Å². The molecule has 0 amide bonds. The van der Waals surface area contributed by atoms with Gasteiger partial charge in [-0.15, -0.1) is 24.0 Å². The molecule has 1 aromatic carbocycles. The molecule has 2 N–H and O–H groups in total. The minimum absolute atomic E-state index is 0. The van der Waals surface area contributed by atoms with Gasteiger partial charge in [-0.3, -0.25) is 4.99 Å². The summed E-state index contributed by atoms with van der Waals surface area (Å²) in [7, 11) is 1.77. The fourth-order valence-electron chi connectivity index (χ4n) is 2.63. The minimum Gasteiger partial charge on any atom is -0.378 e. The van der Waals surface area contributed by atoms with E-state index in [4.69, 9.17) is 16.3 Å². The molecule has 23 heavy (non-hydrogen) atoms. The maximum atomic E-state index is 6.14. The molecule has 6 heteroatoms. The number of hydrogen-bond acceptors (Lipinski definition) is 2. The van der Waals surface area contributed by atoms with Gasteiger partial charge in [0, 0.05) is 31.8 Å². The van der Waals surface area contributed by atoms with Crippen molar-refractivity contribution in [3.63, 3.8) is 0 Å². The topological polar surface area (TPSA) is 45.7 Å². The number of rotatable bonds is 7. The van der Waals surface area contributed by atoms with Crippen LogP contribution in [0.4, 0.5) is 0 Å². The first-order valence-electron chi connectivity index (χ1n) is 8.09.